The molecule has 0 saturated heterocycles. The molecule has 11 heavy (non-hydrogen) atoms. The van der Waals surface area contributed by atoms with Crippen LogP contribution in [0.1, 0.15) is 0 Å². The smallest absolute Gasteiger partial charge is 0.258 e. The maximum atomic E-state index is 10.5. The van der Waals surface area contributed by atoms with Gasteiger partial charge in [-0.15, -0.1) is 0 Å². The summed E-state index contributed by atoms with van der Waals surface area (Å²) in [7, 11) is 3.21. The molecule has 0 radical (unpaired) electrons. The third-order valence-electron chi connectivity index (χ3n) is 0.944. The van der Waals surface area contributed by atoms with E-state index >= 15 is 0 Å². The van der Waals surface area contributed by atoms with Crippen LogP contribution in [0.5, 0.6) is 0 Å². The van der Waals surface area contributed by atoms with Gasteiger partial charge >= 0.3 is 0 Å². The van der Waals surface area contributed by atoms with Gasteiger partial charge in [0.25, 0.3) is 5.24 Å². The number of hydrogen-bond donors (Lipinski definition) is 0. The second kappa shape index (κ2) is 4.36. The number of halogens is 2. The van der Waals surface area contributed by atoms with Gasteiger partial charge < -0.3 is 4.90 Å². The molecule has 0 aromatic carbocycles. The van der Waals surface area contributed by atoms with Gasteiger partial charge in [0, 0.05) is 14.1 Å². The van der Waals surface area contributed by atoms with E-state index in [1.54, 1.807) is 14.1 Å². The molecule has 0 aromatic heterocycles. The Morgan fingerprint density at radius 1 is 1.36 bits per heavy atom. The molecule has 0 aliphatic heterocycles. The fraction of sp³-hybridized carbons (Fsp3) is 0.333. The first-order valence-corrected chi connectivity index (χ1v) is 3.48. The van der Waals surface area contributed by atoms with Crippen molar-refractivity contribution in [3.8, 4) is 0 Å². The van der Waals surface area contributed by atoms with Crippen LogP contribution in [0.3, 0.4) is 0 Å². The van der Waals surface area contributed by atoms with E-state index < -0.39 is 5.24 Å². The van der Waals surface area contributed by atoms with Crippen LogP contribution in [0, 0.1) is 0 Å². The molecule has 0 aliphatic rings. The number of carbonyl (C=O) groups is 2. The Hall–Kier alpha value is -0.540. The molecule has 0 fully saturated rings. The predicted octanol–water partition coefficient (Wildman–Crippen LogP) is 0.963. The fourth-order valence-corrected chi connectivity index (χ4v) is 0.730. The number of hydrogen-bond acceptors (Lipinski definition) is 3. The summed E-state index contributed by atoms with van der Waals surface area (Å²) < 4.78 is 0. The minimum Gasteiger partial charge on any atom is -0.368 e. The van der Waals surface area contributed by atoms with Crippen LogP contribution in [0.4, 0.5) is 0 Å². The second-order valence-corrected chi connectivity index (χ2v) is 2.69. The van der Waals surface area contributed by atoms with E-state index in [-0.39, 0.29) is 10.7 Å². The zero-order valence-corrected chi connectivity index (χ0v) is 7.61. The van der Waals surface area contributed by atoms with E-state index in [1.807, 2.05) is 0 Å². The van der Waals surface area contributed by atoms with Crippen molar-refractivity contribution in [2.45, 2.75) is 0 Å². The fourth-order valence-electron chi connectivity index (χ4n) is 0.417. The van der Waals surface area contributed by atoms with Gasteiger partial charge in [-0.2, -0.15) is 0 Å². The second-order valence-electron chi connectivity index (χ2n) is 1.99. The Morgan fingerprint density at radius 3 is 1.91 bits per heavy atom. The van der Waals surface area contributed by atoms with E-state index in [2.05, 4.69) is 0 Å². The molecule has 0 atom stereocenters. The number of nitrogens with zero attached hydrogens (tertiary/aromatic N) is 1. The van der Waals surface area contributed by atoms with Crippen LogP contribution < -0.4 is 0 Å². The molecular formula is C6H7Cl2NO2. The van der Waals surface area contributed by atoms with Gasteiger partial charge in [0.1, 0.15) is 10.7 Å². The highest BCUT2D eigenvalue weighted by Crippen LogP contribution is 2.12. The SMILES string of the molecule is CN(C)C(Cl)=C(C=O)C(=O)Cl. The average Bonchev–Trinajstić information content (AvgIpc) is 1.88. The van der Waals surface area contributed by atoms with Crippen LogP contribution in [0.2, 0.25) is 0 Å². The van der Waals surface area contributed by atoms with Crippen LogP contribution >= 0.6 is 23.2 Å². The zero-order valence-electron chi connectivity index (χ0n) is 6.10. The van der Waals surface area contributed by atoms with E-state index in [9.17, 15) is 9.59 Å². The van der Waals surface area contributed by atoms with Crippen molar-refractivity contribution in [1.82, 2.24) is 4.90 Å². The first kappa shape index (κ1) is 10.5. The van der Waals surface area contributed by atoms with Gasteiger partial charge in [0.2, 0.25) is 0 Å². The maximum Gasteiger partial charge on any atom is 0.258 e. The monoisotopic (exact) mass is 195 g/mol. The molecular weight excluding hydrogens is 189 g/mol. The molecule has 0 bridgehead atoms. The van der Waals surface area contributed by atoms with Crippen molar-refractivity contribution in [2.75, 3.05) is 14.1 Å². The summed E-state index contributed by atoms with van der Waals surface area (Å²) in [6, 6.07) is 0. The molecule has 62 valence electrons. The lowest BCUT2D eigenvalue weighted by Crippen LogP contribution is -2.12. The summed E-state index contributed by atoms with van der Waals surface area (Å²) in [5, 5.41) is -0.807. The van der Waals surface area contributed by atoms with Crippen molar-refractivity contribution >= 4 is 34.7 Å². The first-order valence-electron chi connectivity index (χ1n) is 2.72. The van der Waals surface area contributed by atoms with E-state index in [0.717, 1.165) is 0 Å². The van der Waals surface area contributed by atoms with Crippen molar-refractivity contribution < 1.29 is 9.59 Å². The zero-order chi connectivity index (χ0) is 9.02. The van der Waals surface area contributed by atoms with E-state index in [4.69, 9.17) is 23.2 Å². The van der Waals surface area contributed by atoms with Crippen molar-refractivity contribution in [3.63, 3.8) is 0 Å². The summed E-state index contributed by atoms with van der Waals surface area (Å²) in [6.45, 7) is 0. The molecule has 0 N–H and O–H groups in total. The molecule has 0 unspecified atom stereocenters. The number of allylic oxidation sites excluding steroid dienone is 1. The third-order valence-corrected chi connectivity index (χ3v) is 1.69. The van der Waals surface area contributed by atoms with E-state index in [1.165, 1.54) is 4.90 Å². The summed E-state index contributed by atoms with van der Waals surface area (Å²) >= 11 is 10.6. The van der Waals surface area contributed by atoms with Gasteiger partial charge in [0.05, 0.1) is 0 Å². The van der Waals surface area contributed by atoms with Gasteiger partial charge in [-0.25, -0.2) is 0 Å². The lowest BCUT2D eigenvalue weighted by Gasteiger charge is -2.10. The summed E-state index contributed by atoms with van der Waals surface area (Å²) in [4.78, 5) is 22.1. The van der Waals surface area contributed by atoms with Crippen LogP contribution in [-0.4, -0.2) is 30.5 Å². The largest absolute Gasteiger partial charge is 0.368 e. The van der Waals surface area contributed by atoms with E-state index in [0.29, 0.717) is 6.29 Å². The lowest BCUT2D eigenvalue weighted by molar-refractivity contribution is -0.112. The van der Waals surface area contributed by atoms with Gasteiger partial charge in [-0.3, -0.25) is 9.59 Å². The summed E-state index contributed by atoms with van der Waals surface area (Å²) in [5.74, 6) is 0. The van der Waals surface area contributed by atoms with Crippen LogP contribution in [0.25, 0.3) is 0 Å². The van der Waals surface area contributed by atoms with Crippen LogP contribution in [-0.2, 0) is 9.59 Å². The Kier molecular flexibility index (Phi) is 4.15. The van der Waals surface area contributed by atoms with Crippen LogP contribution in [0.15, 0.2) is 10.7 Å². The molecule has 0 rings (SSSR count). The molecule has 0 aliphatic carbocycles. The number of aldehydes is 1. The number of carbonyl (C=O) groups excluding carboxylic acids is 2. The molecule has 0 heterocycles. The Bertz CT molecular complexity index is 211. The standard InChI is InChI=1S/C6H7Cl2NO2/c1-9(2)5(7)4(3-10)6(8)11/h3H,1-2H3. The van der Waals surface area contributed by atoms with Crippen molar-refractivity contribution in [3.05, 3.63) is 10.7 Å². The van der Waals surface area contributed by atoms with Gasteiger partial charge in [-0.1, -0.05) is 11.6 Å². The number of rotatable bonds is 3. The third kappa shape index (κ3) is 2.91. The van der Waals surface area contributed by atoms with Gasteiger partial charge in [0.15, 0.2) is 6.29 Å². The Labute approximate surface area is 74.6 Å². The summed E-state index contributed by atoms with van der Waals surface area (Å²) in [5.41, 5.74) is -0.224. The molecule has 3 nitrogen and oxygen atoms in total. The first-order chi connectivity index (χ1) is 5.00. The van der Waals surface area contributed by atoms with Gasteiger partial charge in [-0.05, 0) is 11.6 Å². The quantitative estimate of drug-likeness (QED) is 0.168. The van der Waals surface area contributed by atoms with Crippen molar-refractivity contribution in [1.29, 1.82) is 0 Å². The molecule has 5 heteroatoms. The Morgan fingerprint density at radius 2 is 1.82 bits per heavy atom. The molecule has 0 spiro atoms. The Balaban J connectivity index is 4.83. The minimum absolute atomic E-state index is 0.0417. The minimum atomic E-state index is -0.848. The maximum absolute atomic E-state index is 10.5. The molecule has 0 saturated carbocycles. The highest BCUT2D eigenvalue weighted by Gasteiger charge is 2.11. The highest BCUT2D eigenvalue weighted by atomic mass is 35.5. The lowest BCUT2D eigenvalue weighted by atomic mass is 10.3. The summed E-state index contributed by atoms with van der Waals surface area (Å²) in [6.07, 6.45) is 0.331. The highest BCUT2D eigenvalue weighted by molar-refractivity contribution is 6.70. The average molecular weight is 196 g/mol. The van der Waals surface area contributed by atoms with Crippen molar-refractivity contribution in [2.24, 2.45) is 0 Å². The molecule has 0 aromatic rings. The predicted molar refractivity (Wildman–Crippen MR) is 43.5 cm³/mol. The normalized spacial score (nSPS) is 12.0. The molecule has 0 amide bonds. The topological polar surface area (TPSA) is 37.4 Å².